The van der Waals surface area contributed by atoms with Crippen LogP contribution in [0, 0.1) is 34.1 Å². The Morgan fingerprint density at radius 1 is 0.600 bits per heavy atom. The van der Waals surface area contributed by atoms with Gasteiger partial charge in [-0.15, -0.1) is 10.2 Å². The van der Waals surface area contributed by atoms with Gasteiger partial charge in [-0.05, 0) is 72.5 Å². The first-order chi connectivity index (χ1) is 38.8. The van der Waals surface area contributed by atoms with Crippen molar-refractivity contribution in [2.45, 2.75) is 38.8 Å². The molecule has 2 saturated heterocycles. The smallest absolute Gasteiger partial charge is 0.334 e. The van der Waals surface area contributed by atoms with Crippen molar-refractivity contribution in [3.05, 3.63) is 197 Å². The summed E-state index contributed by atoms with van der Waals surface area (Å²) in [4.78, 5) is 56.0. The Kier molecular flexibility index (Phi) is 16.5. The molecule has 0 saturated carbocycles. The van der Waals surface area contributed by atoms with Crippen molar-refractivity contribution in [2.24, 2.45) is 0 Å². The zero-order chi connectivity index (χ0) is 56.0. The fourth-order valence-corrected chi connectivity index (χ4v) is 10.6. The lowest BCUT2D eigenvalue weighted by Gasteiger charge is -2.31. The number of carbonyl (C=O) groups is 1. The molecule has 4 aromatic carbocycles. The molecule has 2 aliphatic heterocycles. The van der Waals surface area contributed by atoms with Crippen LogP contribution < -0.4 is 29.9 Å². The van der Waals surface area contributed by atoms with E-state index < -0.39 is 27.5 Å². The van der Waals surface area contributed by atoms with Gasteiger partial charge in [0.1, 0.15) is 34.5 Å². The Hall–Kier alpha value is -8.63. The average molecular weight is 1120 g/mol. The Bertz CT molecular complexity index is 3340. The molecule has 0 spiro atoms. The summed E-state index contributed by atoms with van der Waals surface area (Å²) in [5, 5.41) is 42.9. The molecule has 10 rings (SSSR count). The molecule has 6 heterocycles. The topological polar surface area (TPSA) is 232 Å². The Morgan fingerprint density at radius 3 is 1.32 bits per heavy atom. The predicted molar refractivity (Wildman–Crippen MR) is 304 cm³/mol. The molecule has 0 amide bonds. The number of nitrogens with one attached hydrogen (secondary N) is 2. The highest BCUT2D eigenvalue weighted by Gasteiger charge is 2.39. The molecule has 2 N–H and O–H groups in total. The van der Waals surface area contributed by atoms with Crippen LogP contribution in [0.25, 0.3) is 0 Å². The van der Waals surface area contributed by atoms with Gasteiger partial charge < -0.3 is 39.4 Å². The number of Topliss-reactive ketones (excluding diaryl/α,β-unsaturated/α-hetero) is 1. The van der Waals surface area contributed by atoms with E-state index in [1.807, 2.05) is 34.1 Å². The number of anilines is 6. The lowest BCUT2D eigenvalue weighted by molar-refractivity contribution is -0.384. The van der Waals surface area contributed by atoms with E-state index in [0.717, 1.165) is 11.1 Å². The molecule has 4 aromatic heterocycles. The molecular weight excluding hydrogens is 1070 g/mol. The molecule has 8 aromatic rings. The molecule has 0 radical (unpaired) electrons. The molecule has 2 aliphatic rings. The lowest BCUT2D eigenvalue weighted by Crippen LogP contribution is -2.37. The maximum atomic E-state index is 16.7. The lowest BCUT2D eigenvalue weighted by atomic mass is 9.76. The average Bonchev–Trinajstić information content (AvgIpc) is 3.99. The van der Waals surface area contributed by atoms with Gasteiger partial charge in [-0.25, -0.2) is 9.97 Å². The number of ether oxygens (including phenoxy) is 4. The third-order valence-corrected chi connectivity index (χ3v) is 15.0. The van der Waals surface area contributed by atoms with Gasteiger partial charge in [0.05, 0.1) is 75.4 Å². The summed E-state index contributed by atoms with van der Waals surface area (Å²) in [7, 11) is 3.14. The number of ketones is 1. The Balaban J connectivity index is 1.15. The number of hydrogen-bond donors (Lipinski definition) is 2. The van der Waals surface area contributed by atoms with Gasteiger partial charge in [-0.3, -0.25) is 34.4 Å². The summed E-state index contributed by atoms with van der Waals surface area (Å²) in [5.41, 5.74) is 3.56. The highest BCUT2D eigenvalue weighted by atomic mass is 35.5. The summed E-state index contributed by atoms with van der Waals surface area (Å²) in [5.74, 6) is -0.851. The largest absolute Gasteiger partial charge is 0.497 e. The van der Waals surface area contributed by atoms with Crippen LogP contribution in [0.1, 0.15) is 56.6 Å². The first kappa shape index (κ1) is 54.7. The molecule has 21 nitrogen and oxygen atoms in total. The highest BCUT2D eigenvalue weighted by Crippen LogP contribution is 2.46. The highest BCUT2D eigenvalue weighted by molar-refractivity contribution is 6.32. The van der Waals surface area contributed by atoms with Crippen LogP contribution in [0.15, 0.2) is 122 Å². The number of nitrogens with zero attached hydrogens (tertiary/aromatic N) is 10. The van der Waals surface area contributed by atoms with Crippen LogP contribution in [0.4, 0.5) is 46.0 Å². The summed E-state index contributed by atoms with van der Waals surface area (Å²) in [6.45, 7) is 7.41. The first-order valence-corrected chi connectivity index (χ1v) is 26.5. The quantitative estimate of drug-likeness (QED) is 0.0533. The van der Waals surface area contributed by atoms with Gasteiger partial charge in [0.2, 0.25) is 11.6 Å². The number of methoxy groups -OCH3 is 2. The Labute approximate surface area is 470 Å². The van der Waals surface area contributed by atoms with Crippen LogP contribution in [0.5, 0.6) is 11.5 Å². The second kappa shape index (κ2) is 24.2. The monoisotopic (exact) mass is 1120 g/mol. The van der Waals surface area contributed by atoms with Crippen LogP contribution in [-0.2, 0) is 27.4 Å². The number of morpholine rings is 2. The zero-order valence-corrected chi connectivity index (χ0v) is 45.7. The standard InChI is InChI=1S/C57H56Cl2N12O9/c1-35-53(70(73)74)56(64-68(35)33-37-13-17-39(77-3)18-14-37)62-47-29-49(66-21-25-79-26-22-66)60-31-43(47)51(41-9-5-7-11-45(41)58)55(72)52(42-10-6-8-12-46(42)59)44-32-61-50(67-23-27-80-28-24-67)30-48(44)63-57-54(71(75)76)36(2)69(65-57)34-38-15-19-40(78-4)20-16-38/h5-20,29-32,51-52H,21-28,33-34H2,1-4H3,(H,60,62,64)(H,61,63,65). The Morgan fingerprint density at radius 2 is 0.975 bits per heavy atom. The second-order valence-electron chi connectivity index (χ2n) is 19.1. The van der Waals surface area contributed by atoms with E-state index in [1.165, 1.54) is 0 Å². The van der Waals surface area contributed by atoms with Crippen molar-refractivity contribution in [3.8, 4) is 11.5 Å². The van der Waals surface area contributed by atoms with E-state index in [1.54, 1.807) is 135 Å². The van der Waals surface area contributed by atoms with Gasteiger partial charge >= 0.3 is 11.4 Å². The molecular formula is C57H56Cl2N12O9. The molecule has 2 atom stereocenters. The number of rotatable bonds is 20. The van der Waals surface area contributed by atoms with Gasteiger partial charge in [0.15, 0.2) is 5.78 Å². The number of benzene rings is 4. The van der Waals surface area contributed by atoms with Crippen LogP contribution in [0.3, 0.4) is 0 Å². The number of halogens is 2. The normalized spacial score (nSPS) is 14.3. The molecule has 0 bridgehead atoms. The number of hydrogen-bond acceptors (Lipinski definition) is 17. The van der Waals surface area contributed by atoms with Crippen LogP contribution in [0.2, 0.25) is 10.0 Å². The van der Waals surface area contributed by atoms with Gasteiger partial charge in [0, 0.05) is 83.3 Å². The zero-order valence-electron chi connectivity index (χ0n) is 44.2. The van der Waals surface area contributed by atoms with Crippen molar-refractivity contribution < 1.29 is 33.6 Å². The second-order valence-corrected chi connectivity index (χ2v) is 19.9. The van der Waals surface area contributed by atoms with E-state index >= 15 is 4.79 Å². The van der Waals surface area contributed by atoms with E-state index in [2.05, 4.69) is 10.6 Å². The molecule has 80 heavy (non-hydrogen) atoms. The van der Waals surface area contributed by atoms with Crippen molar-refractivity contribution >= 4 is 75.0 Å². The molecule has 2 fully saturated rings. The van der Waals surface area contributed by atoms with Crippen LogP contribution >= 0.6 is 23.2 Å². The fraction of sp³-hybridized carbons (Fsp3) is 0.281. The van der Waals surface area contributed by atoms with Crippen molar-refractivity contribution in [1.29, 1.82) is 0 Å². The predicted octanol–water partition coefficient (Wildman–Crippen LogP) is 10.4. The van der Waals surface area contributed by atoms with E-state index in [-0.39, 0.29) is 68.9 Å². The SMILES string of the molecule is COc1ccc(Cn2nc(Nc3cc(N4CCOCC4)ncc3C(C(=O)C(c3ccccc3Cl)c3cnc(N4CCOCC4)cc3Nc3nn(Cc4ccc(OC)cc4)c(C)c3[N+](=O)[O-])c3ccccc3Cl)c([N+](=O)[O-])c2C)cc1. The summed E-state index contributed by atoms with van der Waals surface area (Å²) >= 11 is 14.4. The van der Waals surface area contributed by atoms with Gasteiger partial charge in [-0.2, -0.15) is 0 Å². The van der Waals surface area contributed by atoms with Gasteiger partial charge in [-0.1, -0.05) is 83.9 Å². The molecule has 23 heteroatoms. The first-order valence-electron chi connectivity index (χ1n) is 25.7. The maximum Gasteiger partial charge on any atom is 0.334 e. The van der Waals surface area contributed by atoms with E-state index in [9.17, 15) is 20.2 Å². The fourth-order valence-electron chi connectivity index (χ4n) is 10.1. The van der Waals surface area contributed by atoms with E-state index in [0.29, 0.717) is 98.0 Å². The van der Waals surface area contributed by atoms with Crippen LogP contribution in [-0.4, -0.2) is 112 Å². The minimum absolute atomic E-state index is 0.0768. The molecule has 412 valence electrons. The summed E-state index contributed by atoms with van der Waals surface area (Å²) < 4.78 is 25.2. The van der Waals surface area contributed by atoms with E-state index in [4.69, 9.17) is 62.3 Å². The molecule has 2 unspecified atom stereocenters. The summed E-state index contributed by atoms with van der Waals surface area (Å²) in [6.07, 6.45) is 3.16. The number of aromatic nitrogens is 6. The third kappa shape index (κ3) is 11.6. The van der Waals surface area contributed by atoms with Crippen molar-refractivity contribution in [1.82, 2.24) is 29.5 Å². The minimum atomic E-state index is -1.28. The van der Waals surface area contributed by atoms with Crippen molar-refractivity contribution in [2.75, 3.05) is 87.3 Å². The molecule has 0 aliphatic carbocycles. The number of pyridine rings is 2. The van der Waals surface area contributed by atoms with Gasteiger partial charge in [0.25, 0.3) is 0 Å². The maximum absolute atomic E-state index is 16.7. The minimum Gasteiger partial charge on any atom is -0.497 e. The van der Waals surface area contributed by atoms with Crippen molar-refractivity contribution in [3.63, 3.8) is 0 Å². The third-order valence-electron chi connectivity index (χ3n) is 14.3. The summed E-state index contributed by atoms with van der Waals surface area (Å²) in [6, 6.07) is 32.0. The number of carbonyl (C=O) groups excluding carboxylic acids is 1. The number of nitro groups is 2.